The van der Waals surface area contributed by atoms with Gasteiger partial charge in [0.05, 0.1) is 7.11 Å². The number of benzene rings is 2. The smallest absolute Gasteiger partial charge is 0.250 e. The highest BCUT2D eigenvalue weighted by Crippen LogP contribution is 2.42. The highest BCUT2D eigenvalue weighted by Gasteiger charge is 2.39. The molecule has 0 spiro atoms. The third kappa shape index (κ3) is 5.92. The fourth-order valence-electron chi connectivity index (χ4n) is 2.94. The number of aldehydes is 1. The molecule has 0 saturated heterocycles. The average Bonchev–Trinajstić information content (AvgIpc) is 2.72. The molecule has 2 rings (SSSR count). The number of carbonyl (C=O) groups is 1. The Morgan fingerprint density at radius 1 is 1.10 bits per heavy atom. The van der Waals surface area contributed by atoms with Crippen LogP contribution in [0.3, 0.4) is 0 Å². The first-order valence-electron chi connectivity index (χ1n) is 10.8. The fraction of sp³-hybridized carbons (Fsp3) is 0.458. The van der Waals surface area contributed by atoms with E-state index >= 15 is 0 Å². The molecule has 2 aromatic carbocycles. The minimum absolute atomic E-state index is 0.110. The van der Waals surface area contributed by atoms with Crippen molar-refractivity contribution >= 4 is 22.4 Å². The number of hydrogen-bond acceptors (Lipinski definition) is 5. The van der Waals surface area contributed by atoms with Crippen molar-refractivity contribution in [3.05, 3.63) is 42.0 Å². The molecule has 0 radical (unpaired) electrons. The molecule has 0 aliphatic rings. The molecular formula is C24H35BO5Si. The molecule has 1 atom stereocenters. The van der Waals surface area contributed by atoms with E-state index in [4.69, 9.17) is 18.6 Å². The Bertz CT molecular complexity index is 875. The Balaban J connectivity index is 2.50. The molecule has 5 nitrogen and oxygen atoms in total. The van der Waals surface area contributed by atoms with E-state index < -0.39 is 14.6 Å². The number of carbonyl (C=O) groups excluding carboxylic acids is 1. The van der Waals surface area contributed by atoms with Crippen LogP contribution < -0.4 is 13.9 Å². The molecule has 0 aliphatic heterocycles. The van der Waals surface area contributed by atoms with E-state index in [1.165, 1.54) is 0 Å². The second-order valence-electron chi connectivity index (χ2n) is 8.98. The molecule has 2 aromatic rings. The first-order chi connectivity index (χ1) is 14.6. The summed E-state index contributed by atoms with van der Waals surface area (Å²) in [6, 6.07) is 11.3. The SMILES string of the molecule is BCC(OCC)Oc1c(OC)ccc(C=O)c1-c1ccc(O[Si](C)(C)C(C)(C)C)cc1. The molecule has 0 fully saturated rings. The lowest BCUT2D eigenvalue weighted by Gasteiger charge is -2.36. The van der Waals surface area contributed by atoms with E-state index in [1.807, 2.05) is 39.0 Å². The van der Waals surface area contributed by atoms with Crippen molar-refractivity contribution in [2.45, 2.75) is 58.4 Å². The largest absolute Gasteiger partial charge is 0.544 e. The summed E-state index contributed by atoms with van der Waals surface area (Å²) in [6.07, 6.45) is 1.07. The van der Waals surface area contributed by atoms with Gasteiger partial charge in [0.1, 0.15) is 13.6 Å². The van der Waals surface area contributed by atoms with Gasteiger partial charge >= 0.3 is 0 Å². The molecule has 0 amide bonds. The summed E-state index contributed by atoms with van der Waals surface area (Å²) in [7, 11) is 1.64. The number of rotatable bonds is 10. The van der Waals surface area contributed by atoms with E-state index in [-0.39, 0.29) is 5.04 Å². The van der Waals surface area contributed by atoms with E-state index in [0.717, 1.165) is 17.6 Å². The normalized spacial score (nSPS) is 12.9. The van der Waals surface area contributed by atoms with Crippen LogP contribution in [0.2, 0.25) is 24.5 Å². The highest BCUT2D eigenvalue weighted by molar-refractivity contribution is 6.74. The van der Waals surface area contributed by atoms with Gasteiger partial charge in [0.15, 0.2) is 24.1 Å². The van der Waals surface area contributed by atoms with Crippen molar-refractivity contribution in [3.63, 3.8) is 0 Å². The first kappa shape index (κ1) is 25.0. The minimum atomic E-state index is -1.94. The van der Waals surface area contributed by atoms with Crippen molar-refractivity contribution in [1.82, 2.24) is 0 Å². The summed E-state index contributed by atoms with van der Waals surface area (Å²) in [5, 5.41) is 0.110. The quantitative estimate of drug-likeness (QED) is 0.282. The fourth-order valence-corrected chi connectivity index (χ4v) is 3.97. The molecule has 7 heteroatoms. The lowest BCUT2D eigenvalue weighted by Crippen LogP contribution is -2.43. The van der Waals surface area contributed by atoms with Crippen LogP contribution in [0.5, 0.6) is 17.2 Å². The van der Waals surface area contributed by atoms with Crippen LogP contribution in [-0.2, 0) is 4.74 Å². The van der Waals surface area contributed by atoms with Crippen LogP contribution in [-0.4, -0.2) is 42.5 Å². The number of methoxy groups -OCH3 is 1. The van der Waals surface area contributed by atoms with E-state index in [0.29, 0.717) is 35.6 Å². The predicted octanol–water partition coefficient (Wildman–Crippen LogP) is 5.35. The summed E-state index contributed by atoms with van der Waals surface area (Å²) in [5.74, 6) is 1.89. The molecule has 0 N–H and O–H groups in total. The summed E-state index contributed by atoms with van der Waals surface area (Å²) in [6.45, 7) is 13.5. The van der Waals surface area contributed by atoms with Gasteiger partial charge in [-0.05, 0) is 61.2 Å². The Hall–Kier alpha value is -2.25. The molecule has 0 saturated carbocycles. The van der Waals surface area contributed by atoms with Gasteiger partial charge in [0.2, 0.25) is 8.32 Å². The van der Waals surface area contributed by atoms with Crippen LogP contribution in [0.1, 0.15) is 38.1 Å². The van der Waals surface area contributed by atoms with Crippen molar-refractivity contribution < 1.29 is 23.4 Å². The third-order valence-corrected chi connectivity index (χ3v) is 10.1. The molecule has 0 bridgehead atoms. The lowest BCUT2D eigenvalue weighted by molar-refractivity contribution is -0.0614. The average molecular weight is 442 g/mol. The van der Waals surface area contributed by atoms with Crippen LogP contribution >= 0.6 is 0 Å². The van der Waals surface area contributed by atoms with Crippen molar-refractivity contribution in [2.75, 3.05) is 13.7 Å². The topological polar surface area (TPSA) is 54.0 Å². The van der Waals surface area contributed by atoms with Crippen LogP contribution in [0.25, 0.3) is 11.1 Å². The zero-order chi connectivity index (χ0) is 23.2. The van der Waals surface area contributed by atoms with Gasteiger partial charge in [-0.25, -0.2) is 0 Å². The van der Waals surface area contributed by atoms with Crippen LogP contribution in [0.15, 0.2) is 36.4 Å². The maximum absolute atomic E-state index is 11.9. The monoisotopic (exact) mass is 442 g/mol. The van der Waals surface area contributed by atoms with Gasteiger partial charge in [0, 0.05) is 17.7 Å². The van der Waals surface area contributed by atoms with Crippen LogP contribution in [0.4, 0.5) is 0 Å². The maximum Gasteiger partial charge on any atom is 0.250 e. The summed E-state index contributed by atoms with van der Waals surface area (Å²) < 4.78 is 23.8. The lowest BCUT2D eigenvalue weighted by atomic mass is 9.98. The van der Waals surface area contributed by atoms with Crippen molar-refractivity contribution in [2.24, 2.45) is 0 Å². The number of ether oxygens (including phenoxy) is 3. The second kappa shape index (κ2) is 10.4. The van der Waals surface area contributed by atoms with Crippen LogP contribution in [0, 0.1) is 0 Å². The number of hydrogen-bond donors (Lipinski definition) is 0. The second-order valence-corrected chi connectivity index (χ2v) is 13.7. The molecule has 168 valence electrons. The predicted molar refractivity (Wildman–Crippen MR) is 131 cm³/mol. The third-order valence-electron chi connectivity index (χ3n) is 5.76. The highest BCUT2D eigenvalue weighted by atomic mass is 28.4. The Labute approximate surface area is 188 Å². The van der Waals surface area contributed by atoms with E-state index in [2.05, 4.69) is 33.9 Å². The minimum Gasteiger partial charge on any atom is -0.544 e. The van der Waals surface area contributed by atoms with Gasteiger partial charge in [-0.1, -0.05) is 32.9 Å². The first-order valence-corrected chi connectivity index (χ1v) is 13.7. The van der Waals surface area contributed by atoms with Gasteiger partial charge in [-0.2, -0.15) is 0 Å². The molecule has 1 unspecified atom stereocenters. The Kier molecular flexibility index (Phi) is 8.37. The zero-order valence-corrected chi connectivity index (χ0v) is 21.1. The zero-order valence-electron chi connectivity index (χ0n) is 20.1. The molecule has 31 heavy (non-hydrogen) atoms. The Morgan fingerprint density at radius 2 is 1.74 bits per heavy atom. The molecule has 0 heterocycles. The molecule has 0 aliphatic carbocycles. The van der Waals surface area contributed by atoms with Gasteiger partial charge in [0.25, 0.3) is 0 Å². The van der Waals surface area contributed by atoms with Crippen molar-refractivity contribution in [1.29, 1.82) is 0 Å². The standard InChI is InChI=1S/C24H35BO5Si/c1-8-28-21(15-25)29-23-20(27-5)14-11-18(16-26)22(23)17-9-12-19(13-10-17)30-31(6,7)24(2,3)4/h9-14,16,21H,8,15,25H2,1-7H3. The summed E-state index contributed by atoms with van der Waals surface area (Å²) in [5.41, 5.74) is 2.07. The van der Waals surface area contributed by atoms with E-state index in [1.54, 1.807) is 19.2 Å². The summed E-state index contributed by atoms with van der Waals surface area (Å²) in [4.78, 5) is 11.9. The Morgan fingerprint density at radius 3 is 2.23 bits per heavy atom. The van der Waals surface area contributed by atoms with Gasteiger partial charge < -0.3 is 18.6 Å². The molecule has 0 aromatic heterocycles. The van der Waals surface area contributed by atoms with Gasteiger partial charge in [-0.3, -0.25) is 4.79 Å². The maximum atomic E-state index is 11.9. The summed E-state index contributed by atoms with van der Waals surface area (Å²) >= 11 is 0. The van der Waals surface area contributed by atoms with Crippen molar-refractivity contribution in [3.8, 4) is 28.4 Å². The van der Waals surface area contributed by atoms with Gasteiger partial charge in [-0.15, -0.1) is 0 Å². The molecular weight excluding hydrogens is 407 g/mol. The van der Waals surface area contributed by atoms with E-state index in [9.17, 15) is 4.79 Å².